The molecule has 0 radical (unpaired) electrons. The van der Waals surface area contributed by atoms with Crippen LogP contribution in [0.15, 0.2) is 85.2 Å². The number of hydrogen-bond donors (Lipinski definition) is 2. The highest BCUT2D eigenvalue weighted by Gasteiger charge is 2.18. The van der Waals surface area contributed by atoms with E-state index in [9.17, 15) is 4.79 Å². The molecule has 0 saturated carbocycles. The van der Waals surface area contributed by atoms with Crippen molar-refractivity contribution in [2.45, 2.75) is 0 Å². The summed E-state index contributed by atoms with van der Waals surface area (Å²) in [4.78, 5) is 21.5. The first-order chi connectivity index (χ1) is 13.2. The smallest absolute Gasteiger partial charge is 0.270 e. The van der Waals surface area contributed by atoms with E-state index in [1.807, 2.05) is 54.6 Å². The number of nitrogens with zero attached hydrogens (tertiary/aromatic N) is 3. The number of para-hydroxylation sites is 1. The number of carbonyl (C=O) groups excluding carboxylic acids is 1. The van der Waals surface area contributed by atoms with Gasteiger partial charge in [0.2, 0.25) is 0 Å². The number of hydrogen-bond acceptors (Lipinski definition) is 5. The van der Waals surface area contributed by atoms with Crippen molar-refractivity contribution in [3.63, 3.8) is 0 Å². The lowest BCUT2D eigenvalue weighted by molar-refractivity contribution is 0.0953. The maximum absolute atomic E-state index is 12.8. The second-order valence-electron chi connectivity index (χ2n) is 5.95. The number of benzene rings is 3. The summed E-state index contributed by atoms with van der Waals surface area (Å²) in [5.74, 6) is 0.331. The molecule has 0 aliphatic carbocycles. The molecule has 0 spiro atoms. The highest BCUT2D eigenvalue weighted by atomic mass is 16.2. The lowest BCUT2D eigenvalue weighted by Gasteiger charge is -2.25. The number of aromatic nitrogens is 2. The Kier molecular flexibility index (Phi) is 4.37. The molecule has 4 aromatic rings. The molecule has 0 saturated heterocycles. The zero-order valence-corrected chi connectivity index (χ0v) is 14.4. The van der Waals surface area contributed by atoms with E-state index in [4.69, 9.17) is 5.73 Å². The molecule has 132 valence electrons. The van der Waals surface area contributed by atoms with E-state index in [1.54, 1.807) is 29.3 Å². The summed E-state index contributed by atoms with van der Waals surface area (Å²) in [6.07, 6.45) is 1.46. The van der Waals surface area contributed by atoms with Crippen LogP contribution >= 0.6 is 0 Å². The van der Waals surface area contributed by atoms with Crippen LogP contribution in [0, 0.1) is 0 Å². The van der Waals surface area contributed by atoms with E-state index >= 15 is 0 Å². The van der Waals surface area contributed by atoms with Crippen LogP contribution < -0.4 is 16.2 Å². The molecule has 0 bridgehead atoms. The Bertz CT molecular complexity index is 1080. The summed E-state index contributed by atoms with van der Waals surface area (Å²) in [7, 11) is 0. The summed E-state index contributed by atoms with van der Waals surface area (Å²) >= 11 is 0. The Morgan fingerprint density at radius 1 is 0.889 bits per heavy atom. The molecule has 3 N–H and O–H groups in total. The van der Waals surface area contributed by atoms with Crippen LogP contribution in [0.4, 0.5) is 17.2 Å². The van der Waals surface area contributed by atoms with Gasteiger partial charge in [-0.1, -0.05) is 36.4 Å². The van der Waals surface area contributed by atoms with Gasteiger partial charge in [-0.05, 0) is 42.5 Å². The van der Waals surface area contributed by atoms with Gasteiger partial charge in [-0.15, -0.1) is 0 Å². The number of nitrogens with two attached hydrogens (primary N) is 1. The summed E-state index contributed by atoms with van der Waals surface area (Å²) in [6.45, 7) is 0. The zero-order valence-electron chi connectivity index (χ0n) is 14.4. The number of anilines is 3. The van der Waals surface area contributed by atoms with Crippen LogP contribution in [0.3, 0.4) is 0 Å². The van der Waals surface area contributed by atoms with Crippen molar-refractivity contribution in [1.82, 2.24) is 15.4 Å². The highest BCUT2D eigenvalue weighted by molar-refractivity contribution is 5.98. The summed E-state index contributed by atoms with van der Waals surface area (Å²) in [5, 5.41) is 2.44. The third kappa shape index (κ3) is 3.41. The number of nitrogens with one attached hydrogen (secondary N) is 1. The van der Waals surface area contributed by atoms with Crippen molar-refractivity contribution in [2.75, 3.05) is 10.7 Å². The van der Waals surface area contributed by atoms with Gasteiger partial charge in [0.1, 0.15) is 6.33 Å². The number of amides is 1. The molecule has 3 aromatic carbocycles. The lowest BCUT2D eigenvalue weighted by Crippen LogP contribution is -2.39. The molecule has 6 nitrogen and oxygen atoms in total. The molecule has 0 atom stereocenters. The maximum Gasteiger partial charge on any atom is 0.270 e. The largest absolute Gasteiger partial charge is 0.399 e. The van der Waals surface area contributed by atoms with Gasteiger partial charge >= 0.3 is 0 Å². The highest BCUT2D eigenvalue weighted by Crippen LogP contribution is 2.28. The summed E-state index contributed by atoms with van der Waals surface area (Å²) in [5.41, 5.74) is 11.5. The van der Waals surface area contributed by atoms with Crippen LogP contribution in [-0.4, -0.2) is 15.9 Å². The first-order valence-corrected chi connectivity index (χ1v) is 8.44. The van der Waals surface area contributed by atoms with Crippen LogP contribution in [0.5, 0.6) is 0 Å². The van der Waals surface area contributed by atoms with Gasteiger partial charge in [-0.25, -0.2) is 15.0 Å². The third-order valence-electron chi connectivity index (χ3n) is 4.12. The SMILES string of the molecule is Nc1ccc2c(N(NC(=O)c3ccccc3)c3ccccc3)ncnc2c1. The van der Waals surface area contributed by atoms with Crippen molar-refractivity contribution < 1.29 is 4.79 Å². The molecule has 0 aliphatic heterocycles. The Labute approximate surface area is 156 Å². The van der Waals surface area contributed by atoms with Gasteiger partial charge < -0.3 is 5.73 Å². The van der Waals surface area contributed by atoms with E-state index < -0.39 is 0 Å². The molecular weight excluding hydrogens is 338 g/mol. The summed E-state index contributed by atoms with van der Waals surface area (Å²) in [6, 6.07) is 24.0. The van der Waals surface area contributed by atoms with Crippen molar-refractivity contribution in [3.8, 4) is 0 Å². The van der Waals surface area contributed by atoms with Gasteiger partial charge in [0, 0.05) is 16.6 Å². The molecule has 0 aliphatic rings. The molecule has 1 aromatic heterocycles. The Morgan fingerprint density at radius 3 is 2.33 bits per heavy atom. The topological polar surface area (TPSA) is 84.1 Å². The van der Waals surface area contributed by atoms with Gasteiger partial charge in [0.25, 0.3) is 5.91 Å². The van der Waals surface area contributed by atoms with Crippen molar-refractivity contribution in [3.05, 3.63) is 90.8 Å². The number of fused-ring (bicyclic) bond motifs is 1. The standard InChI is InChI=1S/C21H17N5O/c22-16-11-12-18-19(13-16)23-14-24-20(18)26(17-9-5-2-6-10-17)25-21(27)15-7-3-1-4-8-15/h1-14H,22H2,(H,25,27). The molecule has 4 rings (SSSR count). The van der Waals surface area contributed by atoms with E-state index in [0.717, 1.165) is 11.1 Å². The first-order valence-electron chi connectivity index (χ1n) is 8.44. The van der Waals surface area contributed by atoms with Crippen LogP contribution in [0.2, 0.25) is 0 Å². The molecule has 27 heavy (non-hydrogen) atoms. The average Bonchev–Trinajstić information content (AvgIpc) is 2.72. The monoisotopic (exact) mass is 355 g/mol. The molecule has 1 heterocycles. The summed E-state index contributed by atoms with van der Waals surface area (Å²) < 4.78 is 0. The van der Waals surface area contributed by atoms with Gasteiger partial charge in [0.05, 0.1) is 11.2 Å². The lowest BCUT2D eigenvalue weighted by atomic mass is 10.2. The molecular formula is C21H17N5O. The second kappa shape index (κ2) is 7.13. The van der Waals surface area contributed by atoms with Crippen LogP contribution in [0.1, 0.15) is 10.4 Å². The van der Waals surface area contributed by atoms with Gasteiger partial charge in [-0.3, -0.25) is 10.2 Å². The minimum absolute atomic E-state index is 0.235. The van der Waals surface area contributed by atoms with Crippen LogP contribution in [0.25, 0.3) is 10.9 Å². The van der Waals surface area contributed by atoms with E-state index in [0.29, 0.717) is 22.6 Å². The minimum atomic E-state index is -0.235. The number of carbonyl (C=O) groups is 1. The minimum Gasteiger partial charge on any atom is -0.399 e. The number of rotatable bonds is 4. The maximum atomic E-state index is 12.8. The van der Waals surface area contributed by atoms with Crippen molar-refractivity contribution >= 4 is 34.0 Å². The fraction of sp³-hybridized carbons (Fsp3) is 0. The Balaban J connectivity index is 1.81. The van der Waals surface area contributed by atoms with E-state index in [2.05, 4.69) is 15.4 Å². The Hall–Kier alpha value is -3.93. The Morgan fingerprint density at radius 2 is 1.59 bits per heavy atom. The molecule has 0 fully saturated rings. The fourth-order valence-corrected chi connectivity index (χ4v) is 2.81. The molecule has 0 unspecified atom stereocenters. The predicted octanol–water partition coefficient (Wildman–Crippen LogP) is 3.70. The van der Waals surface area contributed by atoms with E-state index in [1.165, 1.54) is 6.33 Å². The normalized spacial score (nSPS) is 10.5. The van der Waals surface area contributed by atoms with Crippen molar-refractivity contribution in [2.24, 2.45) is 0 Å². The number of hydrazine groups is 1. The van der Waals surface area contributed by atoms with Gasteiger partial charge in [0.15, 0.2) is 5.82 Å². The van der Waals surface area contributed by atoms with Crippen LogP contribution in [-0.2, 0) is 0 Å². The molecule has 1 amide bonds. The van der Waals surface area contributed by atoms with Gasteiger partial charge in [-0.2, -0.15) is 0 Å². The first kappa shape index (κ1) is 16.5. The van der Waals surface area contributed by atoms with Crippen molar-refractivity contribution in [1.29, 1.82) is 0 Å². The average molecular weight is 355 g/mol. The van der Waals surface area contributed by atoms with E-state index in [-0.39, 0.29) is 5.91 Å². The fourth-order valence-electron chi connectivity index (χ4n) is 2.81. The second-order valence-corrected chi connectivity index (χ2v) is 5.95. The predicted molar refractivity (Wildman–Crippen MR) is 106 cm³/mol. The molecule has 6 heteroatoms. The zero-order chi connectivity index (χ0) is 18.6. The quantitative estimate of drug-likeness (QED) is 0.431. The number of nitrogen functional groups attached to an aromatic ring is 1. The third-order valence-corrected chi connectivity index (χ3v) is 4.12.